The van der Waals surface area contributed by atoms with Crippen LogP contribution >= 0.6 is 11.6 Å². The number of rotatable bonds is 4. The smallest absolute Gasteiger partial charge is 0.129 e. The van der Waals surface area contributed by atoms with Gasteiger partial charge in [0, 0.05) is 29.7 Å². The average molecular weight is 231 g/mol. The molecular weight excluding hydrogens is 215 g/mol. The van der Waals surface area contributed by atoms with Crippen molar-refractivity contribution in [3.8, 4) is 0 Å². The summed E-state index contributed by atoms with van der Waals surface area (Å²) in [5.41, 5.74) is 6.17. The minimum Gasteiger partial charge on any atom is -0.329 e. The Kier molecular flexibility index (Phi) is 4.51. The van der Waals surface area contributed by atoms with Gasteiger partial charge in [0.25, 0.3) is 0 Å². The molecule has 0 amide bonds. The molecule has 15 heavy (non-hydrogen) atoms. The minimum absolute atomic E-state index is 0.236. The van der Waals surface area contributed by atoms with Gasteiger partial charge in [-0.15, -0.1) is 0 Å². The number of halogens is 2. The summed E-state index contributed by atoms with van der Waals surface area (Å²) >= 11 is 5.67. The number of nitrogens with two attached hydrogens (primary N) is 1. The summed E-state index contributed by atoms with van der Waals surface area (Å²) in [5, 5.41) is 0.422. The molecule has 2 N–H and O–H groups in total. The fourth-order valence-corrected chi connectivity index (χ4v) is 1.41. The van der Waals surface area contributed by atoms with E-state index in [0.29, 0.717) is 23.7 Å². The quantitative estimate of drug-likeness (QED) is 0.860. The summed E-state index contributed by atoms with van der Waals surface area (Å²) in [4.78, 5) is 2.01. The standard InChI is InChI=1S/C11H16ClFN2/c1-8(6-14)15(2)7-9-3-4-10(12)5-11(9)13/h3-5,8H,6-7,14H2,1-2H3. The molecule has 0 saturated heterocycles. The molecular formula is C11H16ClFN2. The second kappa shape index (κ2) is 5.45. The van der Waals surface area contributed by atoms with E-state index in [2.05, 4.69) is 0 Å². The molecule has 4 heteroatoms. The molecule has 0 fully saturated rings. The molecule has 84 valence electrons. The Morgan fingerprint density at radius 1 is 1.53 bits per heavy atom. The van der Waals surface area contributed by atoms with E-state index in [1.165, 1.54) is 6.07 Å². The second-order valence-corrected chi connectivity index (χ2v) is 4.17. The van der Waals surface area contributed by atoms with Crippen LogP contribution in [0.4, 0.5) is 4.39 Å². The number of benzene rings is 1. The SMILES string of the molecule is CC(CN)N(C)Cc1ccc(Cl)cc1F. The molecule has 2 nitrogen and oxygen atoms in total. The van der Waals surface area contributed by atoms with Crippen LogP contribution in [0.25, 0.3) is 0 Å². The van der Waals surface area contributed by atoms with Gasteiger partial charge in [0.2, 0.25) is 0 Å². The van der Waals surface area contributed by atoms with Crippen molar-refractivity contribution >= 4 is 11.6 Å². The molecule has 1 unspecified atom stereocenters. The fourth-order valence-electron chi connectivity index (χ4n) is 1.25. The summed E-state index contributed by atoms with van der Waals surface area (Å²) in [6.45, 7) is 3.11. The molecule has 0 spiro atoms. The van der Waals surface area contributed by atoms with Gasteiger partial charge < -0.3 is 5.73 Å². The molecule has 0 aromatic heterocycles. The first-order valence-corrected chi connectivity index (χ1v) is 5.26. The lowest BCUT2D eigenvalue weighted by Gasteiger charge is -2.23. The van der Waals surface area contributed by atoms with E-state index in [1.807, 2.05) is 18.9 Å². The Morgan fingerprint density at radius 2 is 2.20 bits per heavy atom. The molecule has 0 aliphatic heterocycles. The van der Waals surface area contributed by atoms with E-state index in [0.717, 1.165) is 0 Å². The van der Waals surface area contributed by atoms with Gasteiger partial charge in [0.05, 0.1) is 0 Å². The normalized spacial score (nSPS) is 13.2. The Hall–Kier alpha value is -0.640. The Bertz CT molecular complexity index is 330. The molecule has 1 aromatic rings. The van der Waals surface area contributed by atoms with Crippen LogP contribution in [0.2, 0.25) is 5.02 Å². The molecule has 0 aliphatic carbocycles. The Labute approximate surface area is 94.8 Å². The topological polar surface area (TPSA) is 29.3 Å². The van der Waals surface area contributed by atoms with Crippen LogP contribution in [0.3, 0.4) is 0 Å². The maximum atomic E-state index is 13.4. The van der Waals surface area contributed by atoms with E-state index < -0.39 is 0 Å². The number of likely N-dealkylation sites (N-methyl/N-ethyl adjacent to an activating group) is 1. The van der Waals surface area contributed by atoms with Crippen molar-refractivity contribution in [2.45, 2.75) is 19.5 Å². The highest BCUT2D eigenvalue weighted by Gasteiger charge is 2.10. The molecule has 1 rings (SSSR count). The molecule has 1 aromatic carbocycles. The van der Waals surface area contributed by atoms with Crippen molar-refractivity contribution in [3.63, 3.8) is 0 Å². The highest BCUT2D eigenvalue weighted by molar-refractivity contribution is 6.30. The zero-order valence-electron chi connectivity index (χ0n) is 9.00. The molecule has 1 atom stereocenters. The van der Waals surface area contributed by atoms with Crippen molar-refractivity contribution in [2.24, 2.45) is 5.73 Å². The number of nitrogens with zero attached hydrogens (tertiary/aromatic N) is 1. The first-order chi connectivity index (χ1) is 7.04. The highest BCUT2D eigenvalue weighted by Crippen LogP contribution is 2.16. The van der Waals surface area contributed by atoms with Gasteiger partial charge >= 0.3 is 0 Å². The predicted molar refractivity (Wildman–Crippen MR) is 61.4 cm³/mol. The molecule has 0 aliphatic rings. The minimum atomic E-state index is -0.265. The monoisotopic (exact) mass is 230 g/mol. The first-order valence-electron chi connectivity index (χ1n) is 4.89. The zero-order valence-corrected chi connectivity index (χ0v) is 9.76. The third-order valence-electron chi connectivity index (χ3n) is 2.53. The van der Waals surface area contributed by atoms with Crippen LogP contribution in [0, 0.1) is 5.82 Å². The molecule has 0 bridgehead atoms. The van der Waals surface area contributed by atoms with Crippen molar-refractivity contribution in [1.29, 1.82) is 0 Å². The van der Waals surface area contributed by atoms with Crippen LogP contribution < -0.4 is 5.73 Å². The fraction of sp³-hybridized carbons (Fsp3) is 0.455. The maximum Gasteiger partial charge on any atom is 0.129 e. The van der Waals surface area contributed by atoms with Gasteiger partial charge in [-0.3, -0.25) is 4.90 Å². The molecule has 0 radical (unpaired) electrons. The Morgan fingerprint density at radius 3 is 2.73 bits per heavy atom. The third kappa shape index (κ3) is 3.45. The maximum absolute atomic E-state index is 13.4. The average Bonchev–Trinajstić information content (AvgIpc) is 2.20. The third-order valence-corrected chi connectivity index (χ3v) is 2.76. The lowest BCUT2D eigenvalue weighted by atomic mass is 10.2. The summed E-state index contributed by atoms with van der Waals surface area (Å²) in [7, 11) is 1.92. The van der Waals surface area contributed by atoms with Crippen molar-refractivity contribution in [3.05, 3.63) is 34.6 Å². The summed E-state index contributed by atoms with van der Waals surface area (Å²) in [6.07, 6.45) is 0. The molecule has 0 saturated carbocycles. The summed E-state index contributed by atoms with van der Waals surface area (Å²) < 4.78 is 13.4. The van der Waals surface area contributed by atoms with Gasteiger partial charge in [-0.05, 0) is 26.1 Å². The largest absolute Gasteiger partial charge is 0.329 e. The van der Waals surface area contributed by atoms with Gasteiger partial charge in [-0.2, -0.15) is 0 Å². The van der Waals surface area contributed by atoms with Crippen LogP contribution in [-0.4, -0.2) is 24.5 Å². The van der Waals surface area contributed by atoms with E-state index in [4.69, 9.17) is 17.3 Å². The second-order valence-electron chi connectivity index (χ2n) is 3.74. The van der Waals surface area contributed by atoms with Gasteiger partial charge in [-0.1, -0.05) is 17.7 Å². The van der Waals surface area contributed by atoms with Crippen molar-refractivity contribution < 1.29 is 4.39 Å². The van der Waals surface area contributed by atoms with Gasteiger partial charge in [0.15, 0.2) is 0 Å². The highest BCUT2D eigenvalue weighted by atomic mass is 35.5. The van der Waals surface area contributed by atoms with E-state index in [1.54, 1.807) is 12.1 Å². The summed E-state index contributed by atoms with van der Waals surface area (Å²) in [6, 6.07) is 4.97. The lowest BCUT2D eigenvalue weighted by Crippen LogP contribution is -2.34. The van der Waals surface area contributed by atoms with Crippen molar-refractivity contribution in [1.82, 2.24) is 4.90 Å². The van der Waals surface area contributed by atoms with E-state index in [9.17, 15) is 4.39 Å². The Balaban J connectivity index is 2.72. The van der Waals surface area contributed by atoms with Crippen LogP contribution in [0.5, 0.6) is 0 Å². The van der Waals surface area contributed by atoms with Gasteiger partial charge in [-0.25, -0.2) is 4.39 Å². The van der Waals surface area contributed by atoms with Crippen LogP contribution in [0.1, 0.15) is 12.5 Å². The number of hydrogen-bond donors (Lipinski definition) is 1. The van der Waals surface area contributed by atoms with Crippen LogP contribution in [0.15, 0.2) is 18.2 Å². The molecule has 0 heterocycles. The van der Waals surface area contributed by atoms with E-state index in [-0.39, 0.29) is 11.9 Å². The van der Waals surface area contributed by atoms with E-state index >= 15 is 0 Å². The van der Waals surface area contributed by atoms with Crippen molar-refractivity contribution in [2.75, 3.05) is 13.6 Å². The number of hydrogen-bond acceptors (Lipinski definition) is 2. The zero-order chi connectivity index (χ0) is 11.4. The summed E-state index contributed by atoms with van der Waals surface area (Å²) in [5.74, 6) is -0.265. The predicted octanol–water partition coefficient (Wildman–Crippen LogP) is 2.26. The lowest BCUT2D eigenvalue weighted by molar-refractivity contribution is 0.251. The van der Waals surface area contributed by atoms with Crippen LogP contribution in [-0.2, 0) is 6.54 Å². The first kappa shape index (κ1) is 12.4. The van der Waals surface area contributed by atoms with Gasteiger partial charge in [0.1, 0.15) is 5.82 Å².